The van der Waals surface area contributed by atoms with Crippen LogP contribution in [0.1, 0.15) is 13.3 Å². The van der Waals surface area contributed by atoms with Crippen LogP contribution in [0.4, 0.5) is 5.69 Å². The van der Waals surface area contributed by atoms with Gasteiger partial charge in [-0.3, -0.25) is 4.21 Å². The van der Waals surface area contributed by atoms with Crippen molar-refractivity contribution in [2.45, 2.75) is 18.2 Å². The normalized spacial score (nSPS) is 12.6. The van der Waals surface area contributed by atoms with Crippen molar-refractivity contribution in [2.75, 3.05) is 24.7 Å². The van der Waals surface area contributed by atoms with Gasteiger partial charge in [-0.05, 0) is 40.5 Å². The summed E-state index contributed by atoms with van der Waals surface area (Å²) in [6.07, 6.45) is 0.984. The molecule has 0 aliphatic rings. The summed E-state index contributed by atoms with van der Waals surface area (Å²) in [6, 6.07) is 5.31. The van der Waals surface area contributed by atoms with Crippen LogP contribution in [0.25, 0.3) is 0 Å². The average molecular weight is 306 g/mol. The van der Waals surface area contributed by atoms with Crippen LogP contribution in [0.15, 0.2) is 27.6 Å². The Labute approximate surface area is 107 Å². The van der Waals surface area contributed by atoms with E-state index in [0.717, 1.165) is 22.4 Å². The summed E-state index contributed by atoms with van der Waals surface area (Å²) in [5, 5.41) is 0. The van der Waals surface area contributed by atoms with E-state index in [-0.39, 0.29) is 0 Å². The fraction of sp³-hybridized carbons (Fsp3) is 0.455. The zero-order chi connectivity index (χ0) is 12.0. The molecule has 16 heavy (non-hydrogen) atoms. The first kappa shape index (κ1) is 13.7. The van der Waals surface area contributed by atoms with Crippen molar-refractivity contribution in [3.05, 3.63) is 22.7 Å². The summed E-state index contributed by atoms with van der Waals surface area (Å²) < 4.78 is 18.0. The third kappa shape index (κ3) is 4.23. The van der Waals surface area contributed by atoms with Crippen LogP contribution in [0.3, 0.4) is 0 Å². The predicted octanol–water partition coefficient (Wildman–Crippen LogP) is 2.57. The third-order valence-electron chi connectivity index (χ3n) is 1.96. The summed E-state index contributed by atoms with van der Waals surface area (Å²) in [7, 11) is -1.03. The molecule has 1 aromatic carbocycles. The zero-order valence-corrected chi connectivity index (χ0v) is 11.6. The highest BCUT2D eigenvalue weighted by Gasteiger charge is 2.08. The Hall–Kier alpha value is -0.390. The van der Waals surface area contributed by atoms with Gasteiger partial charge in [0.15, 0.2) is 0 Å². The van der Waals surface area contributed by atoms with Gasteiger partial charge in [0.05, 0.1) is 28.1 Å². The maximum atomic E-state index is 11.9. The summed E-state index contributed by atoms with van der Waals surface area (Å²) >= 11 is 3.36. The summed E-state index contributed by atoms with van der Waals surface area (Å²) in [5.41, 5.74) is 6.28. The second-order valence-corrected chi connectivity index (χ2v) is 5.75. The van der Waals surface area contributed by atoms with Gasteiger partial charge in [0.1, 0.15) is 0 Å². The molecule has 2 N–H and O–H groups in total. The number of benzene rings is 1. The lowest BCUT2D eigenvalue weighted by Crippen LogP contribution is -2.07. The molecule has 0 aliphatic carbocycles. The molecule has 0 aliphatic heterocycles. The Balaban J connectivity index is 2.53. The average Bonchev–Trinajstić information content (AvgIpc) is 2.24. The Bertz CT molecular complexity index is 371. The fourth-order valence-corrected chi connectivity index (χ4v) is 3.12. The van der Waals surface area contributed by atoms with Gasteiger partial charge in [0.2, 0.25) is 0 Å². The van der Waals surface area contributed by atoms with Crippen LogP contribution in [-0.2, 0) is 15.5 Å². The van der Waals surface area contributed by atoms with Crippen LogP contribution in [0, 0.1) is 0 Å². The van der Waals surface area contributed by atoms with Crippen LogP contribution >= 0.6 is 15.9 Å². The molecule has 0 bridgehead atoms. The monoisotopic (exact) mass is 305 g/mol. The molecule has 3 nitrogen and oxygen atoms in total. The number of hydrogen-bond acceptors (Lipinski definition) is 3. The summed E-state index contributed by atoms with van der Waals surface area (Å²) in [5.74, 6) is 0.516. The van der Waals surface area contributed by atoms with Crippen molar-refractivity contribution in [1.82, 2.24) is 0 Å². The van der Waals surface area contributed by atoms with Gasteiger partial charge in [-0.25, -0.2) is 0 Å². The van der Waals surface area contributed by atoms with E-state index >= 15 is 0 Å². The van der Waals surface area contributed by atoms with E-state index in [4.69, 9.17) is 10.5 Å². The molecular formula is C11H16BrNO2S. The lowest BCUT2D eigenvalue weighted by atomic mass is 10.3. The van der Waals surface area contributed by atoms with Gasteiger partial charge in [-0.15, -0.1) is 0 Å². The summed E-state index contributed by atoms with van der Waals surface area (Å²) in [4.78, 5) is 0.772. The van der Waals surface area contributed by atoms with E-state index in [9.17, 15) is 4.21 Å². The highest BCUT2D eigenvalue weighted by atomic mass is 79.9. The number of hydrogen-bond donors (Lipinski definition) is 1. The van der Waals surface area contributed by atoms with Gasteiger partial charge in [0.25, 0.3) is 0 Å². The first-order chi connectivity index (χ1) is 7.65. The van der Waals surface area contributed by atoms with E-state index in [0.29, 0.717) is 18.0 Å². The highest BCUT2D eigenvalue weighted by molar-refractivity contribution is 9.10. The Morgan fingerprint density at radius 2 is 2.19 bits per heavy atom. The first-order valence-corrected chi connectivity index (χ1v) is 7.27. The smallest absolute Gasteiger partial charge is 0.0585 e. The van der Waals surface area contributed by atoms with Crippen molar-refractivity contribution < 1.29 is 8.95 Å². The Morgan fingerprint density at radius 1 is 1.44 bits per heavy atom. The molecule has 90 valence electrons. The minimum absolute atomic E-state index is 0.516. The molecular weight excluding hydrogens is 290 g/mol. The van der Waals surface area contributed by atoms with E-state index in [1.165, 1.54) is 0 Å². The second kappa shape index (κ2) is 7.04. The van der Waals surface area contributed by atoms with Crippen molar-refractivity contribution in [3.63, 3.8) is 0 Å². The summed E-state index contributed by atoms with van der Waals surface area (Å²) in [6.45, 7) is 3.30. The molecule has 0 fully saturated rings. The van der Waals surface area contributed by atoms with Gasteiger partial charge in [-0.1, -0.05) is 6.92 Å². The number of rotatable bonds is 6. The topological polar surface area (TPSA) is 52.3 Å². The van der Waals surface area contributed by atoms with Gasteiger partial charge in [-0.2, -0.15) is 0 Å². The van der Waals surface area contributed by atoms with Crippen molar-refractivity contribution in [2.24, 2.45) is 0 Å². The van der Waals surface area contributed by atoms with E-state index < -0.39 is 10.8 Å². The standard InChI is InChI=1S/C11H16BrNO2S/c1-2-5-15-6-7-16(14)11-4-3-9(13)8-10(11)12/h3-4,8H,2,5-7,13H2,1H3. The Morgan fingerprint density at radius 3 is 2.81 bits per heavy atom. The number of nitrogen functional groups attached to an aromatic ring is 1. The molecule has 1 atom stereocenters. The van der Waals surface area contributed by atoms with Crippen molar-refractivity contribution in [1.29, 1.82) is 0 Å². The van der Waals surface area contributed by atoms with Crippen LogP contribution in [-0.4, -0.2) is 23.2 Å². The van der Waals surface area contributed by atoms with Crippen molar-refractivity contribution >= 4 is 32.4 Å². The maximum absolute atomic E-state index is 11.9. The molecule has 1 unspecified atom stereocenters. The SMILES string of the molecule is CCCOCCS(=O)c1ccc(N)cc1Br. The van der Waals surface area contributed by atoms with Gasteiger partial charge < -0.3 is 10.5 Å². The van der Waals surface area contributed by atoms with E-state index in [2.05, 4.69) is 15.9 Å². The third-order valence-corrected chi connectivity index (χ3v) is 4.27. The highest BCUT2D eigenvalue weighted by Crippen LogP contribution is 2.23. The number of anilines is 1. The van der Waals surface area contributed by atoms with E-state index in [1.807, 2.05) is 6.92 Å². The zero-order valence-electron chi connectivity index (χ0n) is 9.24. The van der Waals surface area contributed by atoms with Crippen LogP contribution in [0.5, 0.6) is 0 Å². The molecule has 1 rings (SSSR count). The first-order valence-electron chi connectivity index (χ1n) is 5.16. The molecule has 0 aromatic heterocycles. The number of halogens is 1. The van der Waals surface area contributed by atoms with Gasteiger partial charge in [0, 0.05) is 16.8 Å². The van der Waals surface area contributed by atoms with Crippen molar-refractivity contribution in [3.8, 4) is 0 Å². The van der Waals surface area contributed by atoms with Crippen LogP contribution < -0.4 is 5.73 Å². The number of nitrogens with two attached hydrogens (primary N) is 1. The lowest BCUT2D eigenvalue weighted by Gasteiger charge is -2.06. The predicted molar refractivity (Wildman–Crippen MR) is 70.9 cm³/mol. The minimum atomic E-state index is -1.03. The van der Waals surface area contributed by atoms with E-state index in [1.54, 1.807) is 18.2 Å². The molecule has 0 heterocycles. The molecule has 1 aromatic rings. The second-order valence-electron chi connectivity index (χ2n) is 3.35. The quantitative estimate of drug-likeness (QED) is 0.649. The Kier molecular flexibility index (Phi) is 6.01. The maximum Gasteiger partial charge on any atom is 0.0585 e. The molecule has 0 amide bonds. The number of ether oxygens (including phenoxy) is 1. The fourth-order valence-electron chi connectivity index (χ4n) is 1.19. The molecule has 5 heteroatoms. The molecule has 0 spiro atoms. The minimum Gasteiger partial charge on any atom is -0.399 e. The van der Waals surface area contributed by atoms with Gasteiger partial charge >= 0.3 is 0 Å². The van der Waals surface area contributed by atoms with Crippen LogP contribution in [0.2, 0.25) is 0 Å². The lowest BCUT2D eigenvalue weighted by molar-refractivity contribution is 0.150. The molecule has 0 saturated carbocycles. The molecule has 0 saturated heterocycles. The molecule has 0 radical (unpaired) electrons. The largest absolute Gasteiger partial charge is 0.399 e.